The van der Waals surface area contributed by atoms with Crippen molar-refractivity contribution < 1.29 is 44.3 Å². The topological polar surface area (TPSA) is 102 Å². The Bertz CT molecular complexity index is 820. The number of carbonyl (C=O) groups excluding carboxylic acids is 1. The number of benzene rings is 1. The van der Waals surface area contributed by atoms with E-state index in [-0.39, 0.29) is 23.9 Å². The van der Waals surface area contributed by atoms with E-state index in [1.807, 2.05) is 0 Å². The van der Waals surface area contributed by atoms with Crippen LogP contribution in [0.25, 0.3) is 0 Å². The number of likely N-dealkylation sites (tertiary alicyclic amines) is 1. The number of halogens is 6. The lowest BCUT2D eigenvalue weighted by molar-refractivity contribution is -0.308. The third kappa shape index (κ3) is 6.65. The molecule has 1 amide bonds. The first-order chi connectivity index (χ1) is 13.7. The van der Waals surface area contributed by atoms with E-state index in [4.69, 9.17) is 5.14 Å². The molecule has 1 aliphatic heterocycles. The normalized spacial score (nSPS) is 16.6. The zero-order valence-electron chi connectivity index (χ0n) is 15.3. The van der Waals surface area contributed by atoms with Crippen molar-refractivity contribution in [3.63, 3.8) is 0 Å². The van der Waals surface area contributed by atoms with Crippen LogP contribution in [0.1, 0.15) is 12.8 Å². The Hall–Kier alpha value is -2.22. The fraction of sp³-hybridized carbons (Fsp3) is 0.562. The zero-order valence-corrected chi connectivity index (χ0v) is 16.1. The van der Waals surface area contributed by atoms with Crippen molar-refractivity contribution in [3.8, 4) is 0 Å². The van der Waals surface area contributed by atoms with Crippen LogP contribution >= 0.6 is 0 Å². The molecule has 1 aromatic carbocycles. The maximum atomic E-state index is 12.5. The third-order valence-corrected chi connectivity index (χ3v) is 5.39. The number of piperidine rings is 1. The summed E-state index contributed by atoms with van der Waals surface area (Å²) in [6, 6.07) is 5.63. The van der Waals surface area contributed by atoms with Crippen LogP contribution in [0.5, 0.6) is 0 Å². The maximum absolute atomic E-state index is 12.5. The first kappa shape index (κ1) is 24.1. The van der Waals surface area contributed by atoms with Crippen LogP contribution in [0.2, 0.25) is 0 Å². The molecule has 0 unspecified atom stereocenters. The number of hydrogen-bond donors (Lipinski definition) is 2. The van der Waals surface area contributed by atoms with Gasteiger partial charge in [0, 0.05) is 25.3 Å². The van der Waals surface area contributed by atoms with Crippen LogP contribution in [0.3, 0.4) is 0 Å². The van der Waals surface area contributed by atoms with Gasteiger partial charge < -0.3 is 15.0 Å². The standard InChI is InChI=1S/C16H19F6N3O4S/c17-15(18,19)13(16(20,21)22)29-14(26)25-7-5-10(6-8-25)9-24-11-1-3-12(4-2-11)30(23,27)28/h1-4,10,13,24H,5-9H2,(H2,23,27,28). The van der Waals surface area contributed by atoms with E-state index in [0.29, 0.717) is 25.1 Å². The van der Waals surface area contributed by atoms with Gasteiger partial charge in [-0.3, -0.25) is 0 Å². The van der Waals surface area contributed by atoms with E-state index in [1.165, 1.54) is 24.3 Å². The number of alkyl halides is 6. The minimum absolute atomic E-state index is 0.00648. The summed E-state index contributed by atoms with van der Waals surface area (Å²) in [5, 5.41) is 8.04. The fourth-order valence-electron chi connectivity index (χ4n) is 2.84. The summed E-state index contributed by atoms with van der Waals surface area (Å²) >= 11 is 0. The first-order valence-electron chi connectivity index (χ1n) is 8.63. The van der Waals surface area contributed by atoms with Gasteiger partial charge in [-0.05, 0) is 43.0 Å². The Labute approximate surface area is 168 Å². The van der Waals surface area contributed by atoms with Crippen LogP contribution < -0.4 is 10.5 Å². The van der Waals surface area contributed by atoms with E-state index in [2.05, 4.69) is 10.1 Å². The zero-order chi connectivity index (χ0) is 22.7. The van der Waals surface area contributed by atoms with Crippen LogP contribution in [0.15, 0.2) is 29.2 Å². The molecule has 0 spiro atoms. The van der Waals surface area contributed by atoms with Gasteiger partial charge in [-0.25, -0.2) is 18.4 Å². The summed E-state index contributed by atoms with van der Waals surface area (Å²) in [5.41, 5.74) is 0.599. The number of ether oxygens (including phenoxy) is 1. The molecular formula is C16H19F6N3O4S. The average molecular weight is 463 g/mol. The Morgan fingerprint density at radius 2 is 1.60 bits per heavy atom. The predicted octanol–water partition coefficient (Wildman–Crippen LogP) is 3.09. The Morgan fingerprint density at radius 1 is 1.10 bits per heavy atom. The van der Waals surface area contributed by atoms with Gasteiger partial charge in [0.15, 0.2) is 0 Å². The SMILES string of the molecule is NS(=O)(=O)c1ccc(NCC2CCN(C(=O)OC(C(F)(F)F)C(F)(F)F)CC2)cc1. The summed E-state index contributed by atoms with van der Waals surface area (Å²) in [6.45, 7) is 0.293. The fourth-order valence-corrected chi connectivity index (χ4v) is 3.35. The number of anilines is 1. The first-order valence-corrected chi connectivity index (χ1v) is 10.2. The minimum atomic E-state index is -5.76. The molecule has 0 atom stereocenters. The van der Waals surface area contributed by atoms with Gasteiger partial charge in [-0.15, -0.1) is 0 Å². The largest absolute Gasteiger partial charge is 0.434 e. The molecule has 2 rings (SSSR count). The van der Waals surface area contributed by atoms with Crippen LogP contribution in [-0.2, 0) is 14.8 Å². The van der Waals surface area contributed by atoms with Crippen molar-refractivity contribution in [1.29, 1.82) is 0 Å². The van der Waals surface area contributed by atoms with Crippen LogP contribution in [0, 0.1) is 5.92 Å². The highest BCUT2D eigenvalue weighted by molar-refractivity contribution is 7.89. The number of nitrogens with zero attached hydrogens (tertiary/aromatic N) is 1. The average Bonchev–Trinajstić information content (AvgIpc) is 2.62. The molecule has 30 heavy (non-hydrogen) atoms. The second-order valence-corrected chi connectivity index (χ2v) is 8.29. The molecular weight excluding hydrogens is 444 g/mol. The van der Waals surface area contributed by atoms with Crippen molar-refractivity contribution >= 4 is 21.8 Å². The Kier molecular flexibility index (Phi) is 7.12. The van der Waals surface area contributed by atoms with E-state index in [0.717, 1.165) is 4.90 Å². The second-order valence-electron chi connectivity index (χ2n) is 6.73. The van der Waals surface area contributed by atoms with Crippen molar-refractivity contribution in [3.05, 3.63) is 24.3 Å². The van der Waals surface area contributed by atoms with E-state index >= 15 is 0 Å². The molecule has 1 fully saturated rings. The van der Waals surface area contributed by atoms with Gasteiger partial charge in [0.25, 0.3) is 6.10 Å². The summed E-state index contributed by atoms with van der Waals surface area (Å²) in [6.07, 6.45) is -16.7. The summed E-state index contributed by atoms with van der Waals surface area (Å²) in [5.74, 6) is -0.00648. The smallest absolute Gasteiger partial charge is 0.426 e. The maximum Gasteiger partial charge on any atom is 0.434 e. The van der Waals surface area contributed by atoms with Gasteiger partial charge in [0.05, 0.1) is 4.90 Å². The molecule has 3 N–H and O–H groups in total. The summed E-state index contributed by atoms with van der Waals surface area (Å²) < 4.78 is 101. The molecule has 1 aromatic rings. The van der Waals surface area contributed by atoms with Gasteiger partial charge >= 0.3 is 18.4 Å². The lowest BCUT2D eigenvalue weighted by atomic mass is 9.97. The van der Waals surface area contributed by atoms with Gasteiger partial charge in [-0.1, -0.05) is 0 Å². The lowest BCUT2D eigenvalue weighted by Crippen LogP contribution is -2.49. The van der Waals surface area contributed by atoms with Crippen molar-refractivity contribution in [2.45, 2.75) is 36.2 Å². The second kappa shape index (κ2) is 8.88. The number of primary sulfonamides is 1. The van der Waals surface area contributed by atoms with Crippen molar-refractivity contribution in [1.82, 2.24) is 4.90 Å². The Balaban J connectivity index is 1.83. The minimum Gasteiger partial charge on any atom is -0.426 e. The van der Waals surface area contributed by atoms with Crippen molar-refractivity contribution in [2.75, 3.05) is 25.0 Å². The molecule has 7 nitrogen and oxygen atoms in total. The summed E-state index contributed by atoms with van der Waals surface area (Å²) in [7, 11) is -3.81. The highest BCUT2D eigenvalue weighted by Gasteiger charge is 2.60. The van der Waals surface area contributed by atoms with E-state index < -0.39 is 34.6 Å². The molecule has 0 saturated carbocycles. The van der Waals surface area contributed by atoms with E-state index in [1.54, 1.807) is 0 Å². The molecule has 0 aliphatic carbocycles. The van der Waals surface area contributed by atoms with Gasteiger partial charge in [0.2, 0.25) is 10.0 Å². The van der Waals surface area contributed by atoms with Crippen molar-refractivity contribution in [2.24, 2.45) is 11.1 Å². The molecule has 1 heterocycles. The molecule has 0 bridgehead atoms. The highest BCUT2D eigenvalue weighted by Crippen LogP contribution is 2.36. The molecule has 1 saturated heterocycles. The predicted molar refractivity (Wildman–Crippen MR) is 93.0 cm³/mol. The van der Waals surface area contributed by atoms with Gasteiger partial charge in [-0.2, -0.15) is 26.3 Å². The molecule has 1 aliphatic rings. The Morgan fingerprint density at radius 3 is 2.03 bits per heavy atom. The molecule has 170 valence electrons. The van der Waals surface area contributed by atoms with Crippen LogP contribution in [-0.4, -0.2) is 57.5 Å². The molecule has 0 aromatic heterocycles. The lowest BCUT2D eigenvalue weighted by Gasteiger charge is -2.33. The monoisotopic (exact) mass is 463 g/mol. The number of rotatable bonds is 5. The number of hydrogen-bond acceptors (Lipinski definition) is 5. The number of sulfonamides is 1. The number of nitrogens with one attached hydrogen (secondary N) is 1. The number of carbonyl (C=O) groups is 1. The molecule has 14 heteroatoms. The number of amides is 1. The summed E-state index contributed by atoms with van der Waals surface area (Å²) in [4.78, 5) is 12.5. The molecule has 0 radical (unpaired) electrons. The quantitative estimate of drug-likeness (QED) is 0.654. The van der Waals surface area contributed by atoms with Gasteiger partial charge in [0.1, 0.15) is 0 Å². The van der Waals surface area contributed by atoms with E-state index in [9.17, 15) is 39.6 Å². The highest BCUT2D eigenvalue weighted by atomic mass is 32.2. The third-order valence-electron chi connectivity index (χ3n) is 4.46. The van der Waals surface area contributed by atoms with Crippen LogP contribution in [0.4, 0.5) is 36.8 Å². The number of nitrogens with two attached hydrogens (primary N) is 1.